The monoisotopic (exact) mass is 414 g/mol. The summed E-state index contributed by atoms with van der Waals surface area (Å²) in [5, 5.41) is 12.6. The molecule has 4 heteroatoms. The third kappa shape index (κ3) is 5.00. The molecule has 0 amide bonds. The molecule has 0 saturated heterocycles. The van der Waals surface area contributed by atoms with E-state index in [1.165, 1.54) is 0 Å². The summed E-state index contributed by atoms with van der Waals surface area (Å²) in [5.41, 5.74) is 0.816. The molecule has 0 aliphatic rings. The van der Waals surface area contributed by atoms with Crippen LogP contribution in [-0.2, 0) is 10.8 Å². The maximum atomic E-state index is 12.7. The van der Waals surface area contributed by atoms with Crippen molar-refractivity contribution in [1.82, 2.24) is 0 Å². The molecular formula is C21H18O2SSe. The number of hydrogen-bond donors (Lipinski definition) is 1. The van der Waals surface area contributed by atoms with Crippen LogP contribution in [0, 0.1) is 0 Å². The zero-order valence-electron chi connectivity index (χ0n) is 13.5. The molecule has 0 aliphatic carbocycles. The van der Waals surface area contributed by atoms with Gasteiger partial charge in [0, 0.05) is 0 Å². The predicted molar refractivity (Wildman–Crippen MR) is 104 cm³/mol. The van der Waals surface area contributed by atoms with E-state index in [1.807, 2.05) is 91.0 Å². The van der Waals surface area contributed by atoms with Crippen molar-refractivity contribution < 1.29 is 9.32 Å². The van der Waals surface area contributed by atoms with Gasteiger partial charge in [0.05, 0.1) is 0 Å². The van der Waals surface area contributed by atoms with Crippen LogP contribution in [0.5, 0.6) is 0 Å². The Kier molecular flexibility index (Phi) is 6.37. The van der Waals surface area contributed by atoms with Gasteiger partial charge >= 0.3 is 157 Å². The fourth-order valence-corrected chi connectivity index (χ4v) is 5.81. The van der Waals surface area contributed by atoms with Gasteiger partial charge in [0.2, 0.25) is 0 Å². The van der Waals surface area contributed by atoms with Crippen LogP contribution in [-0.4, -0.2) is 24.3 Å². The summed E-state index contributed by atoms with van der Waals surface area (Å²) >= 11 is -0.110. The fraction of sp³-hybridized carbons (Fsp3) is 0.0476. The number of benzene rings is 3. The van der Waals surface area contributed by atoms with E-state index in [0.717, 1.165) is 19.4 Å². The topological polar surface area (TPSA) is 37.3 Å². The van der Waals surface area contributed by atoms with Gasteiger partial charge in [-0.2, -0.15) is 0 Å². The Labute approximate surface area is 156 Å². The van der Waals surface area contributed by atoms with Crippen LogP contribution in [0.15, 0.2) is 106 Å². The van der Waals surface area contributed by atoms with E-state index in [-0.39, 0.29) is 15.0 Å². The van der Waals surface area contributed by atoms with Crippen molar-refractivity contribution in [1.29, 1.82) is 0 Å². The van der Waals surface area contributed by atoms with Gasteiger partial charge in [0.15, 0.2) is 0 Å². The summed E-state index contributed by atoms with van der Waals surface area (Å²) in [6, 6.07) is 28.9. The number of aliphatic hydroxyl groups is 1. The number of rotatable bonds is 6. The molecule has 0 aromatic heterocycles. The summed E-state index contributed by atoms with van der Waals surface area (Å²) in [5.74, 6) is 0. The molecule has 0 fully saturated rings. The van der Waals surface area contributed by atoms with E-state index >= 15 is 0 Å². The van der Waals surface area contributed by atoms with Gasteiger partial charge in [-0.15, -0.1) is 0 Å². The molecule has 0 spiro atoms. The van der Waals surface area contributed by atoms with Crippen molar-refractivity contribution >= 4 is 30.2 Å². The zero-order chi connectivity index (χ0) is 17.5. The standard InChI is InChI=1S/C21H18O2SSe/c22-21(17-10-4-1-5-11-17)20(25-19-14-8-3-9-15-19)16-24(23)18-12-6-2-7-13-18/h1-16,21-22H/b20-16+. The molecular weight excluding hydrogens is 395 g/mol. The average molecular weight is 413 g/mol. The van der Waals surface area contributed by atoms with Crippen molar-refractivity contribution in [2.75, 3.05) is 0 Å². The van der Waals surface area contributed by atoms with Crippen LogP contribution in [0.3, 0.4) is 0 Å². The van der Waals surface area contributed by atoms with Crippen LogP contribution in [0.1, 0.15) is 11.7 Å². The quantitative estimate of drug-likeness (QED) is 0.629. The first-order valence-corrected chi connectivity index (χ1v) is 10.8. The molecule has 0 heterocycles. The van der Waals surface area contributed by atoms with E-state index in [4.69, 9.17) is 0 Å². The maximum absolute atomic E-state index is 12.7. The normalized spacial score (nSPS) is 14.0. The molecule has 25 heavy (non-hydrogen) atoms. The second-order valence-electron chi connectivity index (χ2n) is 5.36. The molecule has 1 N–H and O–H groups in total. The Bertz CT molecular complexity index is 849. The Morgan fingerprint density at radius 1 is 0.840 bits per heavy atom. The Balaban J connectivity index is 1.93. The van der Waals surface area contributed by atoms with Crippen LogP contribution >= 0.6 is 0 Å². The molecule has 0 aliphatic heterocycles. The SMILES string of the molecule is O=S(/C=C(/[Se]c1ccccc1)C(O)c1ccccc1)c1ccccc1. The summed E-state index contributed by atoms with van der Waals surface area (Å²) in [7, 11) is -1.29. The molecule has 3 rings (SSSR count). The van der Waals surface area contributed by atoms with Gasteiger partial charge in [-0.1, -0.05) is 0 Å². The van der Waals surface area contributed by atoms with Crippen molar-refractivity contribution in [3.05, 3.63) is 106 Å². The molecule has 3 aromatic carbocycles. The van der Waals surface area contributed by atoms with E-state index in [0.29, 0.717) is 0 Å². The second-order valence-corrected chi connectivity index (χ2v) is 9.07. The summed E-state index contributed by atoms with van der Waals surface area (Å²) in [6.07, 6.45) is -0.755. The van der Waals surface area contributed by atoms with Crippen molar-refractivity contribution in [3.63, 3.8) is 0 Å². The Hall–Kier alpha value is -1.97. The molecule has 2 nitrogen and oxygen atoms in total. The van der Waals surface area contributed by atoms with Crippen molar-refractivity contribution in [2.24, 2.45) is 0 Å². The summed E-state index contributed by atoms with van der Waals surface area (Å²) in [4.78, 5) is 0.740. The van der Waals surface area contributed by atoms with E-state index in [2.05, 4.69) is 0 Å². The Morgan fingerprint density at radius 2 is 1.36 bits per heavy atom. The molecule has 0 bridgehead atoms. The van der Waals surface area contributed by atoms with E-state index in [9.17, 15) is 9.32 Å². The van der Waals surface area contributed by atoms with Gasteiger partial charge in [0.1, 0.15) is 0 Å². The zero-order valence-corrected chi connectivity index (χ0v) is 16.0. The number of aliphatic hydroxyl groups excluding tert-OH is 1. The predicted octanol–water partition coefficient (Wildman–Crippen LogP) is 3.40. The van der Waals surface area contributed by atoms with Crippen molar-refractivity contribution in [3.8, 4) is 0 Å². The number of hydrogen-bond acceptors (Lipinski definition) is 2. The molecule has 0 radical (unpaired) electrons. The molecule has 0 saturated carbocycles. The molecule has 126 valence electrons. The summed E-state index contributed by atoms with van der Waals surface area (Å²) < 4.78 is 14.7. The second kappa shape index (κ2) is 8.93. The van der Waals surface area contributed by atoms with E-state index < -0.39 is 16.9 Å². The van der Waals surface area contributed by atoms with Gasteiger partial charge in [-0.25, -0.2) is 0 Å². The minimum atomic E-state index is -1.29. The van der Waals surface area contributed by atoms with Crippen LogP contribution in [0.4, 0.5) is 0 Å². The molecule has 2 unspecified atom stereocenters. The van der Waals surface area contributed by atoms with Gasteiger partial charge in [-0.3, -0.25) is 0 Å². The average Bonchev–Trinajstić information content (AvgIpc) is 2.69. The van der Waals surface area contributed by atoms with E-state index in [1.54, 1.807) is 5.41 Å². The Morgan fingerprint density at radius 3 is 1.96 bits per heavy atom. The molecule has 2 atom stereocenters. The fourth-order valence-electron chi connectivity index (χ4n) is 2.30. The minimum absolute atomic E-state index is 0.110. The van der Waals surface area contributed by atoms with Crippen LogP contribution < -0.4 is 4.46 Å². The first-order valence-electron chi connectivity index (χ1n) is 7.87. The van der Waals surface area contributed by atoms with Gasteiger partial charge in [-0.05, 0) is 0 Å². The molecule has 3 aromatic rings. The van der Waals surface area contributed by atoms with Crippen molar-refractivity contribution in [2.45, 2.75) is 11.0 Å². The van der Waals surface area contributed by atoms with Crippen LogP contribution in [0.25, 0.3) is 0 Å². The third-order valence-corrected chi connectivity index (χ3v) is 7.38. The first kappa shape index (κ1) is 17.8. The van der Waals surface area contributed by atoms with Crippen LogP contribution in [0.2, 0.25) is 0 Å². The van der Waals surface area contributed by atoms with Gasteiger partial charge in [0.25, 0.3) is 0 Å². The first-order chi connectivity index (χ1) is 12.2. The summed E-state index contributed by atoms with van der Waals surface area (Å²) in [6.45, 7) is 0. The van der Waals surface area contributed by atoms with Gasteiger partial charge < -0.3 is 0 Å². The third-order valence-electron chi connectivity index (χ3n) is 3.56.